The molecular weight excluding hydrogens is 400 g/mol. The summed E-state index contributed by atoms with van der Waals surface area (Å²) in [5, 5.41) is 2.48. The van der Waals surface area contributed by atoms with Crippen molar-refractivity contribution < 1.29 is 30.8 Å². The summed E-state index contributed by atoms with van der Waals surface area (Å²) in [6.45, 7) is 1.39. The summed E-state index contributed by atoms with van der Waals surface area (Å²) in [5.41, 5.74) is -0.190. The fourth-order valence-electron chi connectivity index (χ4n) is 2.36. The van der Waals surface area contributed by atoms with Crippen LogP contribution in [0.3, 0.4) is 0 Å². The van der Waals surface area contributed by atoms with Gasteiger partial charge < -0.3 is 5.32 Å². The van der Waals surface area contributed by atoms with Crippen LogP contribution in [-0.4, -0.2) is 26.9 Å². The van der Waals surface area contributed by atoms with Crippen molar-refractivity contribution in [3.63, 3.8) is 0 Å². The molecule has 1 atom stereocenters. The number of carbonyl (C=O) groups is 1. The van der Waals surface area contributed by atoms with E-state index in [0.717, 1.165) is 24.3 Å². The molecule has 2 rings (SSSR count). The van der Waals surface area contributed by atoms with E-state index < -0.39 is 44.4 Å². The molecule has 2 aromatic rings. The number of sulfonamides is 1. The van der Waals surface area contributed by atoms with Crippen LogP contribution in [0.25, 0.3) is 0 Å². The number of hydrogen-bond acceptors (Lipinski definition) is 3. The molecule has 2 aromatic carbocycles. The van der Waals surface area contributed by atoms with E-state index >= 15 is 0 Å². The molecule has 0 saturated carbocycles. The predicted molar refractivity (Wildman–Crippen MR) is 94.3 cm³/mol. The molecule has 2 N–H and O–H groups in total. The average molecular weight is 418 g/mol. The van der Waals surface area contributed by atoms with Gasteiger partial charge in [0.1, 0.15) is 10.7 Å². The minimum absolute atomic E-state index is 0.0932. The van der Waals surface area contributed by atoms with E-state index in [1.807, 2.05) is 0 Å². The summed E-state index contributed by atoms with van der Waals surface area (Å²) in [7, 11) is -4.22. The lowest BCUT2D eigenvalue weighted by atomic mass is 10.1. The van der Waals surface area contributed by atoms with E-state index in [4.69, 9.17) is 0 Å². The number of alkyl halides is 3. The first-order valence-electron chi connectivity index (χ1n) is 8.21. The Labute approximate surface area is 159 Å². The second-order valence-corrected chi connectivity index (χ2v) is 7.69. The Bertz CT molecular complexity index is 929. The van der Waals surface area contributed by atoms with Gasteiger partial charge in [-0.2, -0.15) is 17.9 Å². The Hall–Kier alpha value is -2.46. The topological polar surface area (TPSA) is 75.3 Å². The highest BCUT2D eigenvalue weighted by atomic mass is 32.2. The standard InChI is InChI=1S/C18H18F4N2O3S/c1-12(24-28(26,27)16-5-3-2-4-15(16)19)17(25)23-11-10-13-6-8-14(9-7-13)18(20,21)22/h2-9,12,24H,10-11H2,1H3,(H,23,25)/t12-/m0/s1. The van der Waals surface area contributed by atoms with Crippen LogP contribution >= 0.6 is 0 Å². The maximum Gasteiger partial charge on any atom is 0.416 e. The minimum atomic E-state index is -4.42. The molecule has 152 valence electrons. The molecule has 28 heavy (non-hydrogen) atoms. The molecule has 0 aromatic heterocycles. The van der Waals surface area contributed by atoms with Gasteiger partial charge in [-0.3, -0.25) is 4.79 Å². The number of rotatable bonds is 7. The lowest BCUT2D eigenvalue weighted by Crippen LogP contribution is -2.45. The van der Waals surface area contributed by atoms with Crippen molar-refractivity contribution in [1.82, 2.24) is 10.0 Å². The van der Waals surface area contributed by atoms with E-state index in [1.165, 1.54) is 31.2 Å². The second-order valence-electron chi connectivity index (χ2n) is 6.01. The normalized spacial score (nSPS) is 13.2. The van der Waals surface area contributed by atoms with Gasteiger partial charge in [0.25, 0.3) is 0 Å². The van der Waals surface area contributed by atoms with E-state index in [2.05, 4.69) is 10.0 Å². The third kappa shape index (κ3) is 5.77. The monoisotopic (exact) mass is 418 g/mol. The Morgan fingerprint density at radius 1 is 1.07 bits per heavy atom. The van der Waals surface area contributed by atoms with Crippen LogP contribution in [0.15, 0.2) is 53.4 Å². The summed E-state index contributed by atoms with van der Waals surface area (Å²) in [6, 6.07) is 8.09. The van der Waals surface area contributed by atoms with E-state index in [-0.39, 0.29) is 13.0 Å². The SMILES string of the molecule is C[C@H](NS(=O)(=O)c1ccccc1F)C(=O)NCCc1ccc(C(F)(F)F)cc1. The van der Waals surface area contributed by atoms with Gasteiger partial charge in [0.15, 0.2) is 0 Å². The molecule has 1 amide bonds. The quantitative estimate of drug-likeness (QED) is 0.679. The highest BCUT2D eigenvalue weighted by Gasteiger charge is 2.30. The van der Waals surface area contributed by atoms with Gasteiger partial charge in [-0.25, -0.2) is 12.8 Å². The number of nitrogens with one attached hydrogen (secondary N) is 2. The van der Waals surface area contributed by atoms with Crippen LogP contribution in [0.2, 0.25) is 0 Å². The van der Waals surface area contributed by atoms with Gasteiger partial charge in [0.2, 0.25) is 15.9 Å². The van der Waals surface area contributed by atoms with Gasteiger partial charge in [0.05, 0.1) is 11.6 Å². The second kappa shape index (κ2) is 8.70. The fraction of sp³-hybridized carbons (Fsp3) is 0.278. The Morgan fingerprint density at radius 2 is 1.68 bits per heavy atom. The number of halogens is 4. The van der Waals surface area contributed by atoms with Crippen molar-refractivity contribution >= 4 is 15.9 Å². The zero-order chi connectivity index (χ0) is 20.9. The first-order valence-corrected chi connectivity index (χ1v) is 9.70. The lowest BCUT2D eigenvalue weighted by molar-refractivity contribution is -0.137. The molecule has 0 bridgehead atoms. The summed E-state index contributed by atoms with van der Waals surface area (Å²) in [5.74, 6) is -1.59. The number of amides is 1. The molecule has 0 unspecified atom stereocenters. The van der Waals surface area contributed by atoms with Crippen LogP contribution in [0.1, 0.15) is 18.1 Å². The van der Waals surface area contributed by atoms with Gasteiger partial charge in [0, 0.05) is 6.54 Å². The van der Waals surface area contributed by atoms with Crippen molar-refractivity contribution in [3.8, 4) is 0 Å². The molecule has 5 nitrogen and oxygen atoms in total. The van der Waals surface area contributed by atoms with E-state index in [1.54, 1.807) is 0 Å². The molecule has 0 heterocycles. The van der Waals surface area contributed by atoms with Crippen molar-refractivity contribution in [1.29, 1.82) is 0 Å². The first kappa shape index (κ1) is 21.8. The Kier molecular flexibility index (Phi) is 6.78. The van der Waals surface area contributed by atoms with Gasteiger partial charge in [-0.15, -0.1) is 0 Å². The molecule has 0 aliphatic heterocycles. The molecule has 0 radical (unpaired) electrons. The van der Waals surface area contributed by atoms with Crippen LogP contribution < -0.4 is 10.0 Å². The van der Waals surface area contributed by atoms with Crippen molar-refractivity contribution in [3.05, 3.63) is 65.5 Å². The minimum Gasteiger partial charge on any atom is -0.354 e. The van der Waals surface area contributed by atoms with Crippen LogP contribution in [0.4, 0.5) is 17.6 Å². The Morgan fingerprint density at radius 3 is 2.25 bits per heavy atom. The van der Waals surface area contributed by atoms with Gasteiger partial charge in [-0.05, 0) is 43.2 Å². The molecule has 0 aliphatic carbocycles. The number of carbonyl (C=O) groups excluding carboxylic acids is 1. The summed E-state index contributed by atoms with van der Waals surface area (Å²) in [4.78, 5) is 11.5. The molecule has 10 heteroatoms. The zero-order valence-corrected chi connectivity index (χ0v) is 15.6. The fourth-order valence-corrected chi connectivity index (χ4v) is 3.64. The Balaban J connectivity index is 1.88. The molecule has 0 spiro atoms. The number of hydrogen-bond donors (Lipinski definition) is 2. The first-order chi connectivity index (χ1) is 13.0. The molecule has 0 fully saturated rings. The zero-order valence-electron chi connectivity index (χ0n) is 14.8. The van der Waals surface area contributed by atoms with E-state index in [0.29, 0.717) is 5.56 Å². The maximum atomic E-state index is 13.6. The largest absolute Gasteiger partial charge is 0.416 e. The van der Waals surface area contributed by atoms with Crippen molar-refractivity contribution in [2.45, 2.75) is 30.5 Å². The summed E-state index contributed by atoms with van der Waals surface area (Å²) in [6.07, 6.45) is -4.16. The highest BCUT2D eigenvalue weighted by Crippen LogP contribution is 2.29. The number of benzene rings is 2. The molecule has 0 aliphatic rings. The van der Waals surface area contributed by atoms with Gasteiger partial charge >= 0.3 is 6.18 Å². The third-order valence-corrected chi connectivity index (χ3v) is 5.42. The maximum absolute atomic E-state index is 13.6. The third-order valence-electron chi connectivity index (χ3n) is 3.85. The summed E-state index contributed by atoms with van der Waals surface area (Å²) >= 11 is 0. The van der Waals surface area contributed by atoms with Crippen LogP contribution in [0, 0.1) is 5.82 Å². The molecular formula is C18H18F4N2O3S. The van der Waals surface area contributed by atoms with Crippen LogP contribution in [-0.2, 0) is 27.4 Å². The highest BCUT2D eigenvalue weighted by molar-refractivity contribution is 7.89. The predicted octanol–water partition coefficient (Wildman–Crippen LogP) is 2.87. The van der Waals surface area contributed by atoms with Crippen LogP contribution in [0.5, 0.6) is 0 Å². The van der Waals surface area contributed by atoms with E-state index in [9.17, 15) is 30.8 Å². The van der Waals surface area contributed by atoms with Gasteiger partial charge in [-0.1, -0.05) is 24.3 Å². The smallest absolute Gasteiger partial charge is 0.354 e. The van der Waals surface area contributed by atoms with Crippen molar-refractivity contribution in [2.24, 2.45) is 0 Å². The molecule has 0 saturated heterocycles. The average Bonchev–Trinajstić information content (AvgIpc) is 2.61. The lowest BCUT2D eigenvalue weighted by Gasteiger charge is -2.15. The summed E-state index contributed by atoms with van der Waals surface area (Å²) < 4.78 is 77.6. The van der Waals surface area contributed by atoms with Crippen molar-refractivity contribution in [2.75, 3.05) is 6.54 Å².